The lowest BCUT2D eigenvalue weighted by Crippen LogP contribution is -1.88. The SMILES string of the molecule is COc1cc(OC)cc(-c2nnc(-c3ccc(Cl)cc3)o2)c1. The molecule has 0 aliphatic rings. The number of halogens is 1. The van der Waals surface area contributed by atoms with Gasteiger partial charge in [0.2, 0.25) is 11.8 Å². The molecule has 22 heavy (non-hydrogen) atoms. The van der Waals surface area contributed by atoms with Crippen LogP contribution in [-0.2, 0) is 0 Å². The van der Waals surface area contributed by atoms with Crippen LogP contribution < -0.4 is 9.47 Å². The predicted molar refractivity (Wildman–Crippen MR) is 83.3 cm³/mol. The molecule has 0 unspecified atom stereocenters. The van der Waals surface area contributed by atoms with Gasteiger partial charge in [-0.25, -0.2) is 0 Å². The monoisotopic (exact) mass is 316 g/mol. The highest BCUT2D eigenvalue weighted by Gasteiger charge is 2.12. The largest absolute Gasteiger partial charge is 0.497 e. The minimum Gasteiger partial charge on any atom is -0.497 e. The summed E-state index contributed by atoms with van der Waals surface area (Å²) in [6, 6.07) is 12.6. The van der Waals surface area contributed by atoms with Crippen LogP contribution >= 0.6 is 11.6 Å². The van der Waals surface area contributed by atoms with Crippen molar-refractivity contribution in [3.63, 3.8) is 0 Å². The summed E-state index contributed by atoms with van der Waals surface area (Å²) in [6.45, 7) is 0. The Morgan fingerprint density at radius 3 is 1.91 bits per heavy atom. The Bertz CT molecular complexity index is 762. The Labute approximate surface area is 132 Å². The fourth-order valence-corrected chi connectivity index (χ4v) is 2.11. The van der Waals surface area contributed by atoms with Crippen LogP contribution in [-0.4, -0.2) is 24.4 Å². The average molecular weight is 317 g/mol. The highest BCUT2D eigenvalue weighted by atomic mass is 35.5. The zero-order chi connectivity index (χ0) is 15.5. The van der Waals surface area contributed by atoms with Crippen LogP contribution in [0.1, 0.15) is 0 Å². The molecule has 0 saturated carbocycles. The fourth-order valence-electron chi connectivity index (χ4n) is 1.98. The molecule has 6 heteroatoms. The van der Waals surface area contributed by atoms with Gasteiger partial charge < -0.3 is 13.9 Å². The third-order valence-corrected chi connectivity index (χ3v) is 3.37. The standard InChI is InChI=1S/C16H13ClN2O3/c1-20-13-7-11(8-14(9-13)21-2)16-19-18-15(22-16)10-3-5-12(17)6-4-10/h3-9H,1-2H3. The second kappa shape index (κ2) is 6.07. The average Bonchev–Trinajstić information content (AvgIpc) is 3.05. The second-order valence-electron chi connectivity index (χ2n) is 4.52. The van der Waals surface area contributed by atoms with Crippen molar-refractivity contribution >= 4 is 11.6 Å². The van der Waals surface area contributed by atoms with Crippen molar-refractivity contribution in [2.75, 3.05) is 14.2 Å². The fraction of sp³-hybridized carbons (Fsp3) is 0.125. The Morgan fingerprint density at radius 1 is 0.818 bits per heavy atom. The van der Waals surface area contributed by atoms with Gasteiger partial charge in [0, 0.05) is 22.2 Å². The minimum atomic E-state index is 0.391. The van der Waals surface area contributed by atoms with Gasteiger partial charge >= 0.3 is 0 Å². The van der Waals surface area contributed by atoms with Crippen molar-refractivity contribution < 1.29 is 13.9 Å². The molecular weight excluding hydrogens is 304 g/mol. The summed E-state index contributed by atoms with van der Waals surface area (Å²) < 4.78 is 16.2. The molecule has 2 aromatic carbocycles. The summed E-state index contributed by atoms with van der Waals surface area (Å²) in [5.74, 6) is 2.12. The van der Waals surface area contributed by atoms with Gasteiger partial charge in [-0.1, -0.05) is 11.6 Å². The molecule has 0 aliphatic carbocycles. The number of rotatable bonds is 4. The van der Waals surface area contributed by atoms with Gasteiger partial charge in [-0.3, -0.25) is 0 Å². The van der Waals surface area contributed by atoms with Crippen molar-refractivity contribution in [1.29, 1.82) is 0 Å². The van der Waals surface area contributed by atoms with Crippen molar-refractivity contribution in [2.24, 2.45) is 0 Å². The highest BCUT2D eigenvalue weighted by Crippen LogP contribution is 2.30. The van der Waals surface area contributed by atoms with E-state index in [9.17, 15) is 0 Å². The third-order valence-electron chi connectivity index (χ3n) is 3.11. The highest BCUT2D eigenvalue weighted by molar-refractivity contribution is 6.30. The summed E-state index contributed by atoms with van der Waals surface area (Å²) in [4.78, 5) is 0. The normalized spacial score (nSPS) is 10.5. The van der Waals surface area contributed by atoms with Crippen molar-refractivity contribution in [3.05, 3.63) is 47.5 Å². The van der Waals surface area contributed by atoms with Gasteiger partial charge in [0.15, 0.2) is 0 Å². The summed E-state index contributed by atoms with van der Waals surface area (Å²) in [5.41, 5.74) is 1.53. The molecular formula is C16H13ClN2O3. The topological polar surface area (TPSA) is 57.4 Å². The van der Waals surface area contributed by atoms with Gasteiger partial charge in [0.1, 0.15) is 11.5 Å². The first kappa shape index (κ1) is 14.4. The van der Waals surface area contributed by atoms with Crippen molar-refractivity contribution in [2.45, 2.75) is 0 Å². The molecule has 5 nitrogen and oxygen atoms in total. The Kier molecular flexibility index (Phi) is 3.98. The van der Waals surface area contributed by atoms with E-state index >= 15 is 0 Å². The van der Waals surface area contributed by atoms with Crippen molar-refractivity contribution in [3.8, 4) is 34.4 Å². The smallest absolute Gasteiger partial charge is 0.248 e. The lowest BCUT2D eigenvalue weighted by Gasteiger charge is -2.05. The maximum Gasteiger partial charge on any atom is 0.248 e. The Morgan fingerprint density at radius 2 is 1.36 bits per heavy atom. The van der Waals surface area contributed by atoms with E-state index in [-0.39, 0.29) is 0 Å². The zero-order valence-corrected chi connectivity index (χ0v) is 12.8. The molecule has 0 aliphatic heterocycles. The van der Waals surface area contributed by atoms with Crippen LogP contribution in [0.3, 0.4) is 0 Å². The first-order chi connectivity index (χ1) is 10.7. The molecule has 0 atom stereocenters. The number of methoxy groups -OCH3 is 2. The lowest BCUT2D eigenvalue weighted by molar-refractivity contribution is 0.394. The molecule has 1 heterocycles. The first-order valence-corrected chi connectivity index (χ1v) is 6.90. The second-order valence-corrected chi connectivity index (χ2v) is 4.96. The van der Waals surface area contributed by atoms with Gasteiger partial charge in [-0.2, -0.15) is 0 Å². The van der Waals surface area contributed by atoms with Gasteiger partial charge in [0.25, 0.3) is 0 Å². The molecule has 0 bridgehead atoms. The molecule has 112 valence electrons. The van der Waals surface area contributed by atoms with Crippen LogP contribution in [0.15, 0.2) is 46.9 Å². The predicted octanol–water partition coefficient (Wildman–Crippen LogP) is 4.07. The first-order valence-electron chi connectivity index (χ1n) is 6.52. The quantitative estimate of drug-likeness (QED) is 0.726. The number of ether oxygens (including phenoxy) is 2. The molecule has 3 rings (SSSR count). The summed E-state index contributed by atoms with van der Waals surface area (Å²) in [5, 5.41) is 8.79. The van der Waals surface area contributed by atoms with Crippen LogP contribution in [0.2, 0.25) is 5.02 Å². The van der Waals surface area contributed by atoms with E-state index < -0.39 is 0 Å². The van der Waals surface area contributed by atoms with Crippen LogP contribution in [0.5, 0.6) is 11.5 Å². The third kappa shape index (κ3) is 2.89. The molecule has 0 radical (unpaired) electrons. The molecule has 1 aromatic heterocycles. The van der Waals surface area contributed by atoms with E-state index in [4.69, 9.17) is 25.5 Å². The van der Waals surface area contributed by atoms with Crippen molar-refractivity contribution in [1.82, 2.24) is 10.2 Å². The summed E-state index contributed by atoms with van der Waals surface area (Å²) >= 11 is 5.87. The molecule has 0 fully saturated rings. The van der Waals surface area contributed by atoms with E-state index in [1.807, 2.05) is 24.3 Å². The van der Waals surface area contributed by atoms with Crippen LogP contribution in [0.25, 0.3) is 22.9 Å². The zero-order valence-electron chi connectivity index (χ0n) is 12.0. The number of nitrogens with zero attached hydrogens (tertiary/aromatic N) is 2. The molecule has 0 N–H and O–H groups in total. The number of hydrogen-bond acceptors (Lipinski definition) is 5. The molecule has 0 spiro atoms. The van der Waals surface area contributed by atoms with E-state index in [2.05, 4.69) is 10.2 Å². The van der Waals surface area contributed by atoms with Gasteiger partial charge in [0.05, 0.1) is 14.2 Å². The van der Waals surface area contributed by atoms with Crippen LogP contribution in [0, 0.1) is 0 Å². The van der Waals surface area contributed by atoms with Gasteiger partial charge in [-0.15, -0.1) is 10.2 Å². The van der Waals surface area contributed by atoms with Gasteiger partial charge in [-0.05, 0) is 36.4 Å². The number of hydrogen-bond donors (Lipinski definition) is 0. The van der Waals surface area contributed by atoms with E-state index in [1.54, 1.807) is 32.4 Å². The molecule has 3 aromatic rings. The molecule has 0 saturated heterocycles. The summed E-state index contributed by atoms with van der Waals surface area (Å²) in [7, 11) is 3.18. The van der Waals surface area contributed by atoms with E-state index in [0.717, 1.165) is 11.1 Å². The number of aromatic nitrogens is 2. The van der Waals surface area contributed by atoms with Crippen LogP contribution in [0.4, 0.5) is 0 Å². The lowest BCUT2D eigenvalue weighted by atomic mass is 10.2. The Hall–Kier alpha value is -2.53. The van der Waals surface area contributed by atoms with E-state index in [1.165, 1.54) is 0 Å². The Balaban J connectivity index is 1.98. The maximum atomic E-state index is 5.87. The minimum absolute atomic E-state index is 0.391. The maximum absolute atomic E-state index is 5.87. The summed E-state index contributed by atoms with van der Waals surface area (Å²) in [6.07, 6.45) is 0. The van der Waals surface area contributed by atoms with E-state index in [0.29, 0.717) is 28.3 Å². The number of benzene rings is 2. The molecule has 0 amide bonds.